The molecule has 1 aromatic rings. The Hall–Kier alpha value is -1.48. The second-order valence-corrected chi connectivity index (χ2v) is 3.34. The first-order valence-corrected chi connectivity index (χ1v) is 4.77. The highest BCUT2D eigenvalue weighted by molar-refractivity contribution is 5.40. The monoisotopic (exact) mass is 225 g/mol. The van der Waals surface area contributed by atoms with Crippen molar-refractivity contribution in [1.82, 2.24) is 0 Å². The fourth-order valence-corrected chi connectivity index (χ4v) is 1.40. The molecule has 0 bridgehead atoms. The summed E-state index contributed by atoms with van der Waals surface area (Å²) >= 11 is 0. The third-order valence-electron chi connectivity index (χ3n) is 2.27. The Labute approximate surface area is 92.2 Å². The lowest BCUT2D eigenvalue weighted by atomic mass is 9.97. The summed E-state index contributed by atoms with van der Waals surface area (Å²) < 4.78 is 13.2. The average Bonchev–Trinajstić information content (AvgIpc) is 2.28. The molecule has 2 unspecified atom stereocenters. The molecule has 1 rings (SSSR count). The SMILES string of the molecule is N#Cc1c(F)cccc1C(O)C(O)CCO. The summed E-state index contributed by atoms with van der Waals surface area (Å²) in [6.45, 7) is -0.296. The van der Waals surface area contributed by atoms with Gasteiger partial charge in [0.1, 0.15) is 18.0 Å². The zero-order valence-electron chi connectivity index (χ0n) is 8.47. The van der Waals surface area contributed by atoms with Gasteiger partial charge in [0.2, 0.25) is 0 Å². The molecule has 0 amide bonds. The van der Waals surface area contributed by atoms with E-state index in [1.165, 1.54) is 12.1 Å². The maximum atomic E-state index is 13.2. The number of aliphatic hydroxyl groups is 3. The van der Waals surface area contributed by atoms with Crippen LogP contribution in [0.15, 0.2) is 18.2 Å². The first-order chi connectivity index (χ1) is 7.61. The van der Waals surface area contributed by atoms with Crippen LogP contribution in [0.3, 0.4) is 0 Å². The lowest BCUT2D eigenvalue weighted by molar-refractivity contribution is 0.00393. The molecule has 0 aromatic heterocycles. The van der Waals surface area contributed by atoms with Crippen LogP contribution in [-0.4, -0.2) is 28.0 Å². The zero-order chi connectivity index (χ0) is 12.1. The summed E-state index contributed by atoms with van der Waals surface area (Å²) in [5.74, 6) is -0.741. The fraction of sp³-hybridized carbons (Fsp3) is 0.364. The molecule has 0 radical (unpaired) electrons. The van der Waals surface area contributed by atoms with E-state index in [1.54, 1.807) is 6.07 Å². The number of rotatable bonds is 4. The van der Waals surface area contributed by atoms with Gasteiger partial charge in [-0.3, -0.25) is 0 Å². The quantitative estimate of drug-likeness (QED) is 0.695. The van der Waals surface area contributed by atoms with E-state index in [9.17, 15) is 14.6 Å². The normalized spacial score (nSPS) is 14.2. The molecule has 5 heteroatoms. The van der Waals surface area contributed by atoms with Crippen molar-refractivity contribution >= 4 is 0 Å². The van der Waals surface area contributed by atoms with E-state index in [0.29, 0.717) is 0 Å². The third-order valence-corrected chi connectivity index (χ3v) is 2.27. The van der Waals surface area contributed by atoms with Crippen molar-refractivity contribution in [3.05, 3.63) is 35.1 Å². The van der Waals surface area contributed by atoms with Crippen LogP contribution in [0.25, 0.3) is 0 Å². The van der Waals surface area contributed by atoms with Crippen LogP contribution in [0.4, 0.5) is 4.39 Å². The first kappa shape index (κ1) is 12.6. The van der Waals surface area contributed by atoms with Crippen molar-refractivity contribution < 1.29 is 19.7 Å². The molecule has 4 nitrogen and oxygen atoms in total. The molecule has 0 aliphatic carbocycles. The minimum Gasteiger partial charge on any atom is -0.396 e. The first-order valence-electron chi connectivity index (χ1n) is 4.77. The lowest BCUT2D eigenvalue weighted by Crippen LogP contribution is -2.20. The molecule has 3 N–H and O–H groups in total. The molecule has 0 aliphatic heterocycles. The van der Waals surface area contributed by atoms with E-state index in [0.717, 1.165) is 6.07 Å². The number of halogens is 1. The molecule has 0 saturated carbocycles. The van der Waals surface area contributed by atoms with Crippen molar-refractivity contribution in [2.75, 3.05) is 6.61 Å². The van der Waals surface area contributed by atoms with Crippen LogP contribution in [0.5, 0.6) is 0 Å². The fourth-order valence-electron chi connectivity index (χ4n) is 1.40. The van der Waals surface area contributed by atoms with Crippen LogP contribution in [0, 0.1) is 17.1 Å². The lowest BCUT2D eigenvalue weighted by Gasteiger charge is -2.18. The number of nitriles is 1. The van der Waals surface area contributed by atoms with Crippen LogP contribution < -0.4 is 0 Å². The maximum absolute atomic E-state index is 13.2. The Morgan fingerprint density at radius 1 is 1.38 bits per heavy atom. The molecule has 2 atom stereocenters. The van der Waals surface area contributed by atoms with E-state index in [2.05, 4.69) is 0 Å². The zero-order valence-corrected chi connectivity index (χ0v) is 8.47. The van der Waals surface area contributed by atoms with E-state index in [1.807, 2.05) is 0 Å². The van der Waals surface area contributed by atoms with E-state index < -0.39 is 18.0 Å². The van der Waals surface area contributed by atoms with Gasteiger partial charge in [-0.2, -0.15) is 5.26 Å². The van der Waals surface area contributed by atoms with Crippen molar-refractivity contribution in [2.45, 2.75) is 18.6 Å². The van der Waals surface area contributed by atoms with Crippen molar-refractivity contribution in [1.29, 1.82) is 5.26 Å². The molecular weight excluding hydrogens is 213 g/mol. The van der Waals surface area contributed by atoms with Gasteiger partial charge >= 0.3 is 0 Å². The topological polar surface area (TPSA) is 84.5 Å². The number of nitrogens with zero attached hydrogens (tertiary/aromatic N) is 1. The average molecular weight is 225 g/mol. The summed E-state index contributed by atoms with van der Waals surface area (Å²) in [4.78, 5) is 0. The Balaban J connectivity index is 3.04. The Morgan fingerprint density at radius 2 is 2.06 bits per heavy atom. The summed E-state index contributed by atoms with van der Waals surface area (Å²) in [5, 5.41) is 36.4. The minimum absolute atomic E-state index is 0.0310. The summed E-state index contributed by atoms with van der Waals surface area (Å²) in [7, 11) is 0. The van der Waals surface area contributed by atoms with E-state index in [4.69, 9.17) is 10.4 Å². The molecular formula is C11H12FNO3. The number of aliphatic hydroxyl groups excluding tert-OH is 3. The smallest absolute Gasteiger partial charge is 0.141 e. The van der Waals surface area contributed by atoms with Gasteiger partial charge in [0.15, 0.2) is 0 Å². The van der Waals surface area contributed by atoms with Crippen LogP contribution in [-0.2, 0) is 0 Å². The van der Waals surface area contributed by atoms with Gasteiger partial charge in [-0.15, -0.1) is 0 Å². The van der Waals surface area contributed by atoms with Gasteiger partial charge in [0.05, 0.1) is 11.7 Å². The van der Waals surface area contributed by atoms with Gasteiger partial charge in [-0.1, -0.05) is 12.1 Å². The second-order valence-electron chi connectivity index (χ2n) is 3.34. The molecule has 1 aromatic carbocycles. The van der Waals surface area contributed by atoms with E-state index >= 15 is 0 Å². The van der Waals surface area contributed by atoms with Crippen molar-refractivity contribution in [3.8, 4) is 6.07 Å². The molecule has 0 spiro atoms. The van der Waals surface area contributed by atoms with Crippen molar-refractivity contribution in [2.24, 2.45) is 0 Å². The Kier molecular flexibility index (Phi) is 4.38. The number of benzene rings is 1. The van der Waals surface area contributed by atoms with Crippen LogP contribution in [0.2, 0.25) is 0 Å². The van der Waals surface area contributed by atoms with Gasteiger partial charge in [0, 0.05) is 12.2 Å². The summed E-state index contributed by atoms with van der Waals surface area (Å²) in [6.07, 6.45) is -2.64. The predicted molar refractivity (Wildman–Crippen MR) is 53.8 cm³/mol. The predicted octanol–water partition coefficient (Wildman–Crippen LogP) is 0.474. The van der Waals surface area contributed by atoms with E-state index in [-0.39, 0.29) is 24.2 Å². The molecule has 0 aliphatic rings. The van der Waals surface area contributed by atoms with Gasteiger partial charge in [0.25, 0.3) is 0 Å². The molecule has 0 fully saturated rings. The Bertz CT molecular complexity index is 403. The number of hydrogen-bond acceptors (Lipinski definition) is 4. The minimum atomic E-state index is -1.38. The second kappa shape index (κ2) is 5.56. The third kappa shape index (κ3) is 2.55. The standard InChI is InChI=1S/C11H12FNO3/c12-9-3-1-2-7(8(9)6-13)11(16)10(15)4-5-14/h1-3,10-11,14-16H,4-5H2. The highest BCUT2D eigenvalue weighted by Gasteiger charge is 2.22. The van der Waals surface area contributed by atoms with Gasteiger partial charge < -0.3 is 15.3 Å². The van der Waals surface area contributed by atoms with Crippen LogP contribution >= 0.6 is 0 Å². The molecule has 16 heavy (non-hydrogen) atoms. The van der Waals surface area contributed by atoms with Gasteiger partial charge in [-0.05, 0) is 12.5 Å². The van der Waals surface area contributed by atoms with Crippen molar-refractivity contribution in [3.63, 3.8) is 0 Å². The maximum Gasteiger partial charge on any atom is 0.141 e. The molecule has 86 valence electrons. The Morgan fingerprint density at radius 3 is 2.62 bits per heavy atom. The molecule has 0 saturated heterocycles. The molecule has 0 heterocycles. The highest BCUT2D eigenvalue weighted by atomic mass is 19.1. The number of hydrogen-bond donors (Lipinski definition) is 3. The highest BCUT2D eigenvalue weighted by Crippen LogP contribution is 2.23. The summed E-state index contributed by atoms with van der Waals surface area (Å²) in [5.41, 5.74) is -0.254. The van der Waals surface area contributed by atoms with Gasteiger partial charge in [-0.25, -0.2) is 4.39 Å². The van der Waals surface area contributed by atoms with Crippen LogP contribution in [0.1, 0.15) is 23.7 Å². The summed E-state index contributed by atoms with van der Waals surface area (Å²) in [6, 6.07) is 5.45. The largest absolute Gasteiger partial charge is 0.396 e.